The van der Waals surface area contributed by atoms with Crippen molar-refractivity contribution in [1.82, 2.24) is 0 Å². The van der Waals surface area contributed by atoms with Gasteiger partial charge in [0, 0.05) is 17.1 Å². The first kappa shape index (κ1) is 21.6. The Morgan fingerprint density at radius 2 is 0.875 bits per heavy atom. The van der Waals surface area contributed by atoms with Crippen LogP contribution >= 0.6 is 0 Å². The van der Waals surface area contributed by atoms with Gasteiger partial charge >= 0.3 is 7.12 Å². The first-order valence-electron chi connectivity index (χ1n) is 10.7. The van der Waals surface area contributed by atoms with Gasteiger partial charge in [0.15, 0.2) is 0 Å². The van der Waals surface area contributed by atoms with E-state index in [1.54, 1.807) is 12.1 Å². The quantitative estimate of drug-likeness (QED) is 0.315. The average Bonchev–Trinajstić information content (AvgIpc) is 2.81. The van der Waals surface area contributed by atoms with Crippen LogP contribution in [0.25, 0.3) is 12.2 Å². The van der Waals surface area contributed by atoms with Crippen molar-refractivity contribution in [3.8, 4) is 0 Å². The van der Waals surface area contributed by atoms with E-state index in [2.05, 4.69) is 97.6 Å². The highest BCUT2D eigenvalue weighted by Crippen LogP contribution is 2.34. The van der Waals surface area contributed by atoms with Crippen LogP contribution in [0.1, 0.15) is 22.3 Å². The van der Waals surface area contributed by atoms with Crippen LogP contribution in [-0.4, -0.2) is 17.2 Å². The van der Waals surface area contributed by atoms with Crippen molar-refractivity contribution in [3.05, 3.63) is 119 Å². The average molecular weight is 419 g/mol. The lowest BCUT2D eigenvalue weighted by atomic mass is 9.80. The molecule has 4 aromatic rings. The second-order valence-electron chi connectivity index (χ2n) is 7.97. The van der Waals surface area contributed by atoms with Crippen molar-refractivity contribution in [3.63, 3.8) is 0 Å². The molecule has 0 unspecified atom stereocenters. The van der Waals surface area contributed by atoms with Crippen LogP contribution in [0.4, 0.5) is 17.1 Å². The highest BCUT2D eigenvalue weighted by molar-refractivity contribution is 6.58. The van der Waals surface area contributed by atoms with E-state index >= 15 is 0 Å². The van der Waals surface area contributed by atoms with E-state index in [4.69, 9.17) is 0 Å². The Hall–Kier alpha value is -3.60. The van der Waals surface area contributed by atoms with Crippen molar-refractivity contribution in [1.29, 1.82) is 0 Å². The first-order chi connectivity index (χ1) is 15.5. The van der Waals surface area contributed by atoms with Gasteiger partial charge in [0.25, 0.3) is 0 Å². The van der Waals surface area contributed by atoms with Crippen molar-refractivity contribution in [2.24, 2.45) is 0 Å². The first-order valence-corrected chi connectivity index (χ1v) is 10.7. The second kappa shape index (κ2) is 9.69. The summed E-state index contributed by atoms with van der Waals surface area (Å²) in [6, 6.07) is 32.8. The molecule has 0 aliphatic carbocycles. The largest absolute Gasteiger partial charge is 0.488 e. The number of hydrogen-bond donors (Lipinski definition) is 2. The van der Waals surface area contributed by atoms with Gasteiger partial charge in [-0.3, -0.25) is 0 Å². The Kier molecular flexibility index (Phi) is 6.55. The molecule has 0 fully saturated rings. The van der Waals surface area contributed by atoms with Crippen molar-refractivity contribution < 1.29 is 10.0 Å². The number of rotatable bonds is 6. The van der Waals surface area contributed by atoms with Crippen LogP contribution < -0.4 is 10.4 Å². The normalized spacial score (nSPS) is 11.0. The van der Waals surface area contributed by atoms with Crippen molar-refractivity contribution in [2.45, 2.75) is 13.8 Å². The van der Waals surface area contributed by atoms with Gasteiger partial charge in [-0.1, -0.05) is 83.9 Å². The fourth-order valence-electron chi connectivity index (χ4n) is 3.54. The Morgan fingerprint density at radius 1 is 0.531 bits per heavy atom. The van der Waals surface area contributed by atoms with Crippen LogP contribution in [0.3, 0.4) is 0 Å². The summed E-state index contributed by atoms with van der Waals surface area (Å²) in [6.07, 6.45) is 4.07. The molecule has 2 N–H and O–H groups in total. The minimum atomic E-state index is -1.44. The Morgan fingerprint density at radius 3 is 1.25 bits per heavy atom. The summed E-state index contributed by atoms with van der Waals surface area (Å²) in [5.74, 6) is 0. The monoisotopic (exact) mass is 419 g/mol. The smallest absolute Gasteiger partial charge is 0.423 e. The van der Waals surface area contributed by atoms with Crippen molar-refractivity contribution >= 4 is 41.8 Å². The number of aryl methyl sites for hydroxylation is 2. The molecule has 0 spiro atoms. The molecule has 0 bridgehead atoms. The molecule has 0 atom stereocenters. The summed E-state index contributed by atoms with van der Waals surface area (Å²) < 4.78 is 0. The van der Waals surface area contributed by atoms with Crippen molar-refractivity contribution in [2.75, 3.05) is 4.90 Å². The van der Waals surface area contributed by atoms with Gasteiger partial charge < -0.3 is 14.9 Å². The van der Waals surface area contributed by atoms with Crippen LogP contribution in [0.15, 0.2) is 97.1 Å². The highest BCUT2D eigenvalue weighted by Gasteiger charge is 2.12. The molecular weight excluding hydrogens is 393 g/mol. The predicted molar refractivity (Wildman–Crippen MR) is 136 cm³/mol. The number of nitrogens with zero attached hydrogens (tertiary/aromatic N) is 1. The summed E-state index contributed by atoms with van der Waals surface area (Å²) in [7, 11) is -1.44. The molecule has 0 saturated carbocycles. The zero-order valence-corrected chi connectivity index (χ0v) is 18.3. The molecule has 0 radical (unpaired) electrons. The summed E-state index contributed by atoms with van der Waals surface area (Å²) in [4.78, 5) is 2.26. The lowest BCUT2D eigenvalue weighted by Gasteiger charge is -2.25. The Balaban J connectivity index is 1.60. The minimum Gasteiger partial charge on any atom is -0.423 e. The molecule has 158 valence electrons. The third kappa shape index (κ3) is 5.17. The molecule has 4 aromatic carbocycles. The fraction of sp³-hybridized carbons (Fsp3) is 0.0714. The van der Waals surface area contributed by atoms with Crippen LogP contribution in [-0.2, 0) is 0 Å². The van der Waals surface area contributed by atoms with Crippen LogP contribution in [0.5, 0.6) is 0 Å². The van der Waals surface area contributed by atoms with Gasteiger partial charge in [-0.25, -0.2) is 0 Å². The van der Waals surface area contributed by atoms with E-state index < -0.39 is 7.12 Å². The Labute approximate surface area is 190 Å². The van der Waals surface area contributed by atoms with E-state index in [1.165, 1.54) is 11.1 Å². The number of benzene rings is 4. The number of hydrogen-bond acceptors (Lipinski definition) is 3. The molecule has 32 heavy (non-hydrogen) atoms. The van der Waals surface area contributed by atoms with E-state index in [0.717, 1.165) is 28.2 Å². The fourth-order valence-corrected chi connectivity index (χ4v) is 3.54. The number of anilines is 3. The molecule has 0 aromatic heterocycles. The van der Waals surface area contributed by atoms with Gasteiger partial charge in [-0.15, -0.1) is 0 Å². The van der Waals surface area contributed by atoms with Gasteiger partial charge in [-0.05, 0) is 66.8 Å². The van der Waals surface area contributed by atoms with E-state index in [-0.39, 0.29) is 0 Å². The minimum absolute atomic E-state index is 0.485. The third-order valence-corrected chi connectivity index (χ3v) is 5.44. The van der Waals surface area contributed by atoms with E-state index in [0.29, 0.717) is 5.46 Å². The maximum atomic E-state index is 9.22. The maximum absolute atomic E-state index is 9.22. The predicted octanol–water partition coefficient (Wildman–Crippen LogP) is 5.62. The summed E-state index contributed by atoms with van der Waals surface area (Å²) in [5.41, 5.74) is 8.38. The zero-order valence-electron chi connectivity index (χ0n) is 18.3. The summed E-state index contributed by atoms with van der Waals surface area (Å²) in [5, 5.41) is 18.4. The molecule has 3 nitrogen and oxygen atoms in total. The topological polar surface area (TPSA) is 43.7 Å². The highest BCUT2D eigenvalue weighted by atomic mass is 16.4. The molecule has 0 heterocycles. The molecule has 0 aliphatic heterocycles. The van der Waals surface area contributed by atoms with E-state index in [9.17, 15) is 10.0 Å². The Bertz CT molecular complexity index is 1130. The summed E-state index contributed by atoms with van der Waals surface area (Å²) >= 11 is 0. The molecule has 0 aliphatic rings. The van der Waals surface area contributed by atoms with Crippen LogP contribution in [0.2, 0.25) is 0 Å². The molecule has 0 amide bonds. The van der Waals surface area contributed by atoms with E-state index in [1.807, 2.05) is 18.2 Å². The van der Waals surface area contributed by atoms with Crippen LogP contribution in [0, 0.1) is 13.8 Å². The lowest BCUT2D eigenvalue weighted by Crippen LogP contribution is -2.29. The van der Waals surface area contributed by atoms with Gasteiger partial charge in [-0.2, -0.15) is 0 Å². The van der Waals surface area contributed by atoms with Gasteiger partial charge in [0.05, 0.1) is 0 Å². The maximum Gasteiger partial charge on any atom is 0.488 e. The second-order valence-corrected chi connectivity index (χ2v) is 7.97. The molecule has 4 rings (SSSR count). The lowest BCUT2D eigenvalue weighted by molar-refractivity contribution is 0.426. The summed E-state index contributed by atoms with van der Waals surface area (Å²) in [6.45, 7) is 4.20. The molecular formula is C28H26BNO2. The standard InChI is InChI=1S/C28H26BNO2/c1-21-3-15-26(16-4-21)30(27-17-5-22(2)6-18-27)28-19-11-24(12-20-28)8-7-23-9-13-25(14-10-23)29(31)32/h3-20,31-32H,1-2H3/b8-7+. The van der Waals surface area contributed by atoms with Gasteiger partial charge in [0.2, 0.25) is 0 Å². The third-order valence-electron chi connectivity index (χ3n) is 5.44. The zero-order chi connectivity index (χ0) is 22.5. The molecule has 0 saturated heterocycles. The SMILES string of the molecule is Cc1ccc(N(c2ccc(C)cc2)c2ccc(/C=C/c3ccc(B(O)O)cc3)cc2)cc1. The van der Waals surface area contributed by atoms with Gasteiger partial charge in [0.1, 0.15) is 0 Å². The molecule has 4 heteroatoms.